The molecule has 0 aliphatic heterocycles. The zero-order chi connectivity index (χ0) is 38.0. The van der Waals surface area contributed by atoms with Gasteiger partial charge in [-0.1, -0.05) is 164 Å². The highest BCUT2D eigenvalue weighted by Crippen LogP contribution is 2.39. The number of aromatic nitrogens is 4. The number of nitrogens with zero attached hydrogens (tertiary/aromatic N) is 4. The number of pyridine rings is 1. The van der Waals surface area contributed by atoms with Crippen LogP contribution in [0.1, 0.15) is 0 Å². The summed E-state index contributed by atoms with van der Waals surface area (Å²) in [5, 5.41) is 3.52. The SMILES string of the molecule is c1ccc(-c2nc(-c3ccccc3)nc(-c3ccc(Oc4ccc(-c5ccc(-c6nc7ccccc7c7c(-c8ccccc8)cccc67)cc5)cc4)cc3)n2)cc1. The lowest BCUT2D eigenvalue weighted by atomic mass is 9.92. The molecule has 0 radical (unpaired) electrons. The van der Waals surface area contributed by atoms with Gasteiger partial charge in [-0.25, -0.2) is 19.9 Å². The maximum atomic E-state index is 6.28. The van der Waals surface area contributed by atoms with Crippen LogP contribution in [0.25, 0.3) is 89.4 Å². The number of benzene rings is 8. The molecule has 268 valence electrons. The van der Waals surface area contributed by atoms with E-state index in [0.29, 0.717) is 17.5 Å². The average molecular weight is 731 g/mol. The Bertz CT molecular complexity index is 2930. The molecule has 0 saturated carbocycles. The van der Waals surface area contributed by atoms with E-state index >= 15 is 0 Å². The van der Waals surface area contributed by atoms with Gasteiger partial charge in [0.25, 0.3) is 0 Å². The smallest absolute Gasteiger partial charge is 0.164 e. The van der Waals surface area contributed by atoms with Crippen LogP contribution in [0.3, 0.4) is 0 Å². The Labute approximate surface area is 330 Å². The number of fused-ring (bicyclic) bond motifs is 3. The van der Waals surface area contributed by atoms with Crippen molar-refractivity contribution in [2.45, 2.75) is 0 Å². The molecular formula is C52H34N4O. The molecule has 0 bridgehead atoms. The first-order valence-corrected chi connectivity index (χ1v) is 19.0. The molecule has 0 atom stereocenters. The van der Waals surface area contributed by atoms with Gasteiger partial charge >= 0.3 is 0 Å². The van der Waals surface area contributed by atoms with E-state index < -0.39 is 0 Å². The molecule has 5 heteroatoms. The summed E-state index contributed by atoms with van der Waals surface area (Å²) in [6.45, 7) is 0. The Morgan fingerprint density at radius 1 is 0.281 bits per heavy atom. The minimum atomic E-state index is 0.603. The average Bonchev–Trinajstić information content (AvgIpc) is 3.30. The minimum absolute atomic E-state index is 0.603. The van der Waals surface area contributed by atoms with Gasteiger partial charge in [0.15, 0.2) is 17.5 Å². The highest BCUT2D eigenvalue weighted by molar-refractivity contribution is 6.17. The van der Waals surface area contributed by atoms with E-state index in [1.807, 2.05) is 97.1 Å². The molecule has 57 heavy (non-hydrogen) atoms. The second kappa shape index (κ2) is 14.8. The number of rotatable bonds is 8. The Balaban J connectivity index is 0.895. The molecule has 0 amide bonds. The van der Waals surface area contributed by atoms with E-state index in [4.69, 9.17) is 24.7 Å². The van der Waals surface area contributed by atoms with Crippen molar-refractivity contribution < 1.29 is 4.74 Å². The molecule has 0 aliphatic rings. The monoisotopic (exact) mass is 730 g/mol. The van der Waals surface area contributed by atoms with Gasteiger partial charge in [0, 0.05) is 38.4 Å². The van der Waals surface area contributed by atoms with Gasteiger partial charge in [0.1, 0.15) is 11.5 Å². The Kier molecular flexibility index (Phi) is 8.78. The second-order valence-corrected chi connectivity index (χ2v) is 13.8. The van der Waals surface area contributed by atoms with Crippen LogP contribution < -0.4 is 4.74 Å². The van der Waals surface area contributed by atoms with E-state index in [0.717, 1.165) is 66.9 Å². The van der Waals surface area contributed by atoms with Crippen LogP contribution in [0.15, 0.2) is 206 Å². The molecule has 0 unspecified atom stereocenters. The molecule has 2 heterocycles. The first kappa shape index (κ1) is 33.8. The van der Waals surface area contributed by atoms with Crippen LogP contribution in [0.5, 0.6) is 11.5 Å². The standard InChI is InChI=1S/C52H34N4O/c1-4-13-37(14-5-1)44-20-12-21-46-48(44)45-19-10-11-22-47(45)53-49(46)38-25-23-35(24-26-38)36-27-31-42(32-28-36)57-43-33-29-41(30-34-43)52-55-50(39-15-6-2-7-16-39)54-51(56-52)40-17-8-3-9-18-40/h1-34H. The van der Waals surface area contributed by atoms with Crippen molar-refractivity contribution in [3.05, 3.63) is 206 Å². The third-order valence-electron chi connectivity index (χ3n) is 10.2. The van der Waals surface area contributed by atoms with Crippen LogP contribution in [0.2, 0.25) is 0 Å². The van der Waals surface area contributed by atoms with Gasteiger partial charge in [-0.2, -0.15) is 0 Å². The van der Waals surface area contributed by atoms with Gasteiger partial charge in [0.2, 0.25) is 0 Å². The van der Waals surface area contributed by atoms with Crippen LogP contribution >= 0.6 is 0 Å². The molecule has 10 rings (SSSR count). The molecule has 10 aromatic rings. The summed E-state index contributed by atoms with van der Waals surface area (Å²) < 4.78 is 6.28. The summed E-state index contributed by atoms with van der Waals surface area (Å²) in [5.74, 6) is 3.34. The number of hydrogen-bond donors (Lipinski definition) is 0. The maximum absolute atomic E-state index is 6.28. The summed E-state index contributed by atoms with van der Waals surface area (Å²) in [5.41, 5.74) is 10.4. The predicted molar refractivity (Wildman–Crippen MR) is 232 cm³/mol. The maximum Gasteiger partial charge on any atom is 0.164 e. The fourth-order valence-electron chi connectivity index (χ4n) is 7.36. The van der Waals surface area contributed by atoms with Crippen molar-refractivity contribution in [1.29, 1.82) is 0 Å². The van der Waals surface area contributed by atoms with Crippen molar-refractivity contribution in [2.75, 3.05) is 0 Å². The molecule has 0 aliphatic carbocycles. The highest BCUT2D eigenvalue weighted by atomic mass is 16.5. The topological polar surface area (TPSA) is 60.8 Å². The van der Waals surface area contributed by atoms with Gasteiger partial charge in [0.05, 0.1) is 11.2 Å². The normalized spacial score (nSPS) is 11.2. The third kappa shape index (κ3) is 6.79. The zero-order valence-electron chi connectivity index (χ0n) is 30.8. The fourth-order valence-corrected chi connectivity index (χ4v) is 7.36. The van der Waals surface area contributed by atoms with Crippen molar-refractivity contribution in [2.24, 2.45) is 0 Å². The highest BCUT2D eigenvalue weighted by Gasteiger charge is 2.15. The zero-order valence-corrected chi connectivity index (χ0v) is 30.8. The van der Waals surface area contributed by atoms with E-state index in [1.54, 1.807) is 0 Å². The molecule has 0 N–H and O–H groups in total. The Hall–Kier alpha value is -7.76. The third-order valence-corrected chi connectivity index (χ3v) is 10.2. The summed E-state index contributed by atoms with van der Waals surface area (Å²) in [7, 11) is 0. The van der Waals surface area contributed by atoms with Gasteiger partial charge in [-0.05, 0) is 64.7 Å². The van der Waals surface area contributed by atoms with E-state index in [2.05, 4.69) is 109 Å². The first-order chi connectivity index (χ1) is 28.2. The van der Waals surface area contributed by atoms with Gasteiger partial charge < -0.3 is 4.74 Å². The lowest BCUT2D eigenvalue weighted by Gasteiger charge is -2.14. The molecule has 2 aromatic heterocycles. The Morgan fingerprint density at radius 3 is 1.26 bits per heavy atom. The second-order valence-electron chi connectivity index (χ2n) is 13.8. The summed E-state index contributed by atoms with van der Waals surface area (Å²) >= 11 is 0. The van der Waals surface area contributed by atoms with E-state index in [-0.39, 0.29) is 0 Å². The molecule has 8 aromatic carbocycles. The number of hydrogen-bond acceptors (Lipinski definition) is 5. The molecule has 0 saturated heterocycles. The lowest BCUT2D eigenvalue weighted by molar-refractivity contribution is 0.483. The van der Waals surface area contributed by atoms with Crippen LogP contribution in [-0.4, -0.2) is 19.9 Å². The lowest BCUT2D eigenvalue weighted by Crippen LogP contribution is -2.00. The fraction of sp³-hybridized carbons (Fsp3) is 0. The van der Waals surface area contributed by atoms with Crippen molar-refractivity contribution in [3.63, 3.8) is 0 Å². The minimum Gasteiger partial charge on any atom is -0.457 e. The quantitative estimate of drug-likeness (QED) is 0.146. The van der Waals surface area contributed by atoms with Gasteiger partial charge in [-0.15, -0.1) is 0 Å². The first-order valence-electron chi connectivity index (χ1n) is 19.0. The van der Waals surface area contributed by atoms with Crippen molar-refractivity contribution in [3.8, 4) is 79.2 Å². The Morgan fingerprint density at radius 2 is 0.702 bits per heavy atom. The number of para-hydroxylation sites is 1. The summed E-state index contributed by atoms with van der Waals surface area (Å²) in [6.07, 6.45) is 0. The van der Waals surface area contributed by atoms with Crippen LogP contribution in [0.4, 0.5) is 0 Å². The molecule has 0 fully saturated rings. The van der Waals surface area contributed by atoms with Crippen molar-refractivity contribution in [1.82, 2.24) is 19.9 Å². The van der Waals surface area contributed by atoms with Crippen LogP contribution in [0, 0.1) is 0 Å². The van der Waals surface area contributed by atoms with E-state index in [9.17, 15) is 0 Å². The van der Waals surface area contributed by atoms with Crippen LogP contribution in [-0.2, 0) is 0 Å². The molecular weight excluding hydrogens is 697 g/mol. The van der Waals surface area contributed by atoms with Gasteiger partial charge in [-0.3, -0.25) is 0 Å². The molecule has 0 spiro atoms. The summed E-state index contributed by atoms with van der Waals surface area (Å²) in [4.78, 5) is 19.7. The molecule has 5 nitrogen and oxygen atoms in total. The predicted octanol–water partition coefficient (Wildman–Crippen LogP) is 13.4. The van der Waals surface area contributed by atoms with Crippen molar-refractivity contribution >= 4 is 21.7 Å². The van der Waals surface area contributed by atoms with E-state index in [1.165, 1.54) is 16.5 Å². The summed E-state index contributed by atoms with van der Waals surface area (Å²) in [6, 6.07) is 70.3. The number of ether oxygens (including phenoxy) is 1. The largest absolute Gasteiger partial charge is 0.457 e.